The first-order valence-electron chi connectivity index (χ1n) is 16.6. The minimum absolute atomic E-state index is 0.315. The van der Waals surface area contributed by atoms with Gasteiger partial charge in [-0.3, -0.25) is 0 Å². The predicted molar refractivity (Wildman–Crippen MR) is 209 cm³/mol. The lowest BCUT2D eigenvalue weighted by atomic mass is 9.90. The van der Waals surface area contributed by atoms with Gasteiger partial charge >= 0.3 is 0 Å². The van der Waals surface area contributed by atoms with E-state index < -0.39 is 0 Å². The van der Waals surface area contributed by atoms with E-state index in [-0.39, 0.29) is 6.17 Å². The fraction of sp³-hybridized carbons (Fsp3) is 0.0222. The second kappa shape index (κ2) is 11.3. The van der Waals surface area contributed by atoms with Gasteiger partial charge in [-0.05, 0) is 61.6 Å². The first-order valence-corrected chi connectivity index (χ1v) is 17.4. The summed E-state index contributed by atoms with van der Waals surface area (Å²) in [5.74, 6) is 1.55. The Labute approximate surface area is 287 Å². The van der Waals surface area contributed by atoms with Crippen molar-refractivity contribution < 1.29 is 0 Å². The van der Waals surface area contributed by atoms with Gasteiger partial charge in [0.25, 0.3) is 0 Å². The van der Waals surface area contributed by atoms with Crippen molar-refractivity contribution in [2.75, 3.05) is 0 Å². The average molecular weight is 644 g/mol. The lowest BCUT2D eigenvalue weighted by Crippen LogP contribution is -2.33. The van der Waals surface area contributed by atoms with Crippen LogP contribution >= 0.6 is 11.3 Å². The molecular weight excluding hydrogens is 615 g/mol. The Balaban J connectivity index is 1.20. The van der Waals surface area contributed by atoms with Crippen LogP contribution in [-0.4, -0.2) is 11.7 Å². The number of nitrogens with one attached hydrogen (secondary N) is 1. The van der Waals surface area contributed by atoms with Gasteiger partial charge in [-0.15, -0.1) is 11.3 Å². The number of rotatable bonds is 4. The van der Waals surface area contributed by atoms with E-state index in [1.54, 1.807) is 0 Å². The average Bonchev–Trinajstić information content (AvgIpc) is 3.58. The largest absolute Gasteiger partial charge is 0.344 e. The second-order valence-electron chi connectivity index (χ2n) is 12.5. The summed E-state index contributed by atoms with van der Waals surface area (Å²) in [6.07, 6.45) is -0.315. The molecule has 10 rings (SSSR count). The van der Waals surface area contributed by atoms with Gasteiger partial charge in [0.2, 0.25) is 0 Å². The van der Waals surface area contributed by atoms with Crippen molar-refractivity contribution in [1.82, 2.24) is 5.32 Å². The lowest BCUT2D eigenvalue weighted by molar-refractivity contribution is 0.680. The molecule has 1 atom stereocenters. The molecule has 1 aliphatic rings. The first kappa shape index (κ1) is 28.0. The van der Waals surface area contributed by atoms with E-state index in [4.69, 9.17) is 9.98 Å². The summed E-state index contributed by atoms with van der Waals surface area (Å²) in [5, 5.41) is 13.9. The summed E-state index contributed by atoms with van der Waals surface area (Å²) >= 11 is 1.84. The quantitative estimate of drug-likeness (QED) is 0.190. The third-order valence-electron chi connectivity index (χ3n) is 9.73. The molecule has 4 heteroatoms. The number of nitrogens with zero attached hydrogens (tertiary/aromatic N) is 2. The van der Waals surface area contributed by atoms with E-state index in [2.05, 4.69) is 145 Å². The molecule has 0 amide bonds. The summed E-state index contributed by atoms with van der Waals surface area (Å²) < 4.78 is 2.52. The molecule has 0 saturated carbocycles. The van der Waals surface area contributed by atoms with E-state index in [0.29, 0.717) is 0 Å². The molecule has 0 spiro atoms. The maximum absolute atomic E-state index is 5.26. The third-order valence-corrected chi connectivity index (χ3v) is 10.8. The van der Waals surface area contributed by atoms with Gasteiger partial charge < -0.3 is 5.32 Å². The van der Waals surface area contributed by atoms with Crippen LogP contribution in [0.2, 0.25) is 0 Å². The van der Waals surface area contributed by atoms with Crippen LogP contribution in [0.3, 0.4) is 0 Å². The summed E-state index contributed by atoms with van der Waals surface area (Å²) in [6.45, 7) is 0. The Morgan fingerprint density at radius 1 is 0.449 bits per heavy atom. The van der Waals surface area contributed by atoms with E-state index in [9.17, 15) is 0 Å². The highest BCUT2D eigenvalue weighted by Crippen LogP contribution is 2.45. The van der Waals surface area contributed by atoms with Crippen molar-refractivity contribution in [3.05, 3.63) is 180 Å². The standard InChI is InChI=1S/C45H29N3S/c1-3-13-28(14-4-1)43-46-44(29-15-5-2-6-16-29)48-45(47-43)37-22-12-24-40-42(37)41-31(21-11-23-39(41)49-40)30-25-26-36-34-19-8-7-17-32(34)33-18-9-10-20-35(33)38(36)27-30/h1-27,45H,(H,46,47,48). The first-order chi connectivity index (χ1) is 24.3. The van der Waals surface area contributed by atoms with Crippen molar-refractivity contribution in [1.29, 1.82) is 0 Å². The maximum atomic E-state index is 5.26. The molecule has 8 aromatic carbocycles. The Bertz CT molecular complexity index is 2760. The highest BCUT2D eigenvalue weighted by atomic mass is 32.1. The summed E-state index contributed by atoms with van der Waals surface area (Å²) in [4.78, 5) is 10.3. The van der Waals surface area contributed by atoms with Crippen molar-refractivity contribution in [3.8, 4) is 11.1 Å². The van der Waals surface area contributed by atoms with E-state index in [1.807, 2.05) is 35.6 Å². The van der Waals surface area contributed by atoms with Gasteiger partial charge in [0.15, 0.2) is 5.84 Å². The van der Waals surface area contributed by atoms with Crippen LogP contribution in [0.1, 0.15) is 22.9 Å². The van der Waals surface area contributed by atoms with Gasteiger partial charge in [-0.1, -0.05) is 146 Å². The Morgan fingerprint density at radius 2 is 1.02 bits per heavy atom. The van der Waals surface area contributed by atoms with Gasteiger partial charge in [-0.2, -0.15) is 0 Å². The summed E-state index contributed by atoms with van der Waals surface area (Å²) in [7, 11) is 0. The zero-order chi connectivity index (χ0) is 32.3. The smallest absolute Gasteiger partial charge is 0.159 e. The molecule has 1 N–H and O–H groups in total. The van der Waals surface area contributed by atoms with E-state index in [0.717, 1.165) is 28.4 Å². The number of benzene rings is 8. The SMILES string of the molecule is c1ccc(C2=NC(c3cccc4sc5cccc(-c6ccc7c8ccccc8c8ccccc8c7c6)c5c34)NC(c3ccccc3)=N2)cc1. The number of thiophene rings is 1. The molecule has 1 aliphatic heterocycles. The molecule has 0 saturated heterocycles. The highest BCUT2D eigenvalue weighted by Gasteiger charge is 2.25. The Kier molecular flexibility index (Phi) is 6.42. The minimum atomic E-state index is -0.315. The maximum Gasteiger partial charge on any atom is 0.159 e. The number of amidine groups is 2. The van der Waals surface area contributed by atoms with Gasteiger partial charge in [0, 0.05) is 36.9 Å². The summed E-state index contributed by atoms with van der Waals surface area (Å²) in [5.41, 5.74) is 5.63. The van der Waals surface area contributed by atoms with Crippen molar-refractivity contribution in [2.45, 2.75) is 6.17 Å². The second-order valence-corrected chi connectivity index (χ2v) is 13.6. The van der Waals surface area contributed by atoms with Crippen LogP contribution in [-0.2, 0) is 0 Å². The topological polar surface area (TPSA) is 36.8 Å². The van der Waals surface area contributed by atoms with Crippen LogP contribution < -0.4 is 5.32 Å². The van der Waals surface area contributed by atoms with Crippen LogP contribution in [0.15, 0.2) is 174 Å². The van der Waals surface area contributed by atoms with E-state index in [1.165, 1.54) is 63.6 Å². The molecule has 230 valence electrons. The molecular formula is C45H29N3S. The van der Waals surface area contributed by atoms with Crippen LogP contribution in [0.25, 0.3) is 63.6 Å². The van der Waals surface area contributed by atoms with Gasteiger partial charge in [0.05, 0.1) is 0 Å². The van der Waals surface area contributed by atoms with Crippen molar-refractivity contribution in [2.24, 2.45) is 9.98 Å². The third kappa shape index (κ3) is 4.56. The van der Waals surface area contributed by atoms with Gasteiger partial charge in [0.1, 0.15) is 12.0 Å². The van der Waals surface area contributed by atoms with Crippen LogP contribution in [0, 0.1) is 0 Å². The Hall–Kier alpha value is -6.10. The van der Waals surface area contributed by atoms with Crippen LogP contribution in [0.4, 0.5) is 0 Å². The molecule has 0 radical (unpaired) electrons. The molecule has 1 unspecified atom stereocenters. The van der Waals surface area contributed by atoms with E-state index >= 15 is 0 Å². The molecule has 0 aliphatic carbocycles. The normalized spacial score (nSPS) is 14.7. The van der Waals surface area contributed by atoms with Crippen LogP contribution in [0.5, 0.6) is 0 Å². The predicted octanol–water partition coefficient (Wildman–Crippen LogP) is 11.7. The number of hydrogen-bond acceptors (Lipinski definition) is 4. The van der Waals surface area contributed by atoms with Crippen molar-refractivity contribution in [3.63, 3.8) is 0 Å². The number of fused-ring (bicyclic) bond motifs is 9. The van der Waals surface area contributed by atoms with Crippen molar-refractivity contribution >= 4 is 75.5 Å². The molecule has 3 nitrogen and oxygen atoms in total. The molecule has 0 fully saturated rings. The minimum Gasteiger partial charge on any atom is -0.344 e. The fourth-order valence-electron chi connectivity index (χ4n) is 7.51. The fourth-order valence-corrected chi connectivity index (χ4v) is 8.67. The zero-order valence-corrected chi connectivity index (χ0v) is 27.3. The molecule has 1 aromatic heterocycles. The lowest BCUT2D eigenvalue weighted by Gasteiger charge is -2.24. The molecule has 9 aromatic rings. The molecule has 0 bridgehead atoms. The number of aliphatic imine (C=N–C) groups is 2. The molecule has 49 heavy (non-hydrogen) atoms. The molecule has 2 heterocycles. The highest BCUT2D eigenvalue weighted by molar-refractivity contribution is 7.26. The summed E-state index contributed by atoms with van der Waals surface area (Å²) in [6, 6.07) is 58.5. The Morgan fingerprint density at radius 3 is 1.71 bits per heavy atom. The number of hydrogen-bond donors (Lipinski definition) is 1. The van der Waals surface area contributed by atoms with Gasteiger partial charge in [-0.25, -0.2) is 9.98 Å². The monoisotopic (exact) mass is 643 g/mol. The zero-order valence-electron chi connectivity index (χ0n) is 26.5.